The van der Waals surface area contributed by atoms with E-state index in [-0.39, 0.29) is 29.9 Å². The quantitative estimate of drug-likeness (QED) is 0.171. The number of rotatable bonds is 11. The molecule has 0 aliphatic heterocycles. The van der Waals surface area contributed by atoms with E-state index in [1.165, 1.54) is 12.8 Å². The summed E-state index contributed by atoms with van der Waals surface area (Å²) in [7, 11) is 2.04. The van der Waals surface area contributed by atoms with E-state index in [4.69, 9.17) is 0 Å². The predicted octanol–water partition coefficient (Wildman–Crippen LogP) is 3.07. The molecule has 0 spiro atoms. The van der Waals surface area contributed by atoms with Crippen molar-refractivity contribution in [2.45, 2.75) is 32.6 Å². The Hall–Kier alpha value is -1.64. The highest BCUT2D eigenvalue weighted by Gasteiger charge is 2.06. The molecule has 0 aliphatic carbocycles. The normalized spacial score (nSPS) is 10.6. The molecule has 1 aromatic rings. The van der Waals surface area contributed by atoms with Crippen molar-refractivity contribution in [3.63, 3.8) is 0 Å². The average Bonchev–Trinajstić information content (AvgIpc) is 2.64. The molecule has 0 radical (unpaired) electrons. The fourth-order valence-electron chi connectivity index (χ4n) is 2.32. The van der Waals surface area contributed by atoms with Crippen LogP contribution < -0.4 is 10.6 Å². The molecule has 0 aliphatic rings. The lowest BCUT2D eigenvalue weighted by Gasteiger charge is -2.22. The second-order valence-electron chi connectivity index (χ2n) is 5.79. The van der Waals surface area contributed by atoms with E-state index in [1.54, 1.807) is 24.5 Å². The Morgan fingerprint density at radius 3 is 2.81 bits per heavy atom. The van der Waals surface area contributed by atoms with E-state index in [1.807, 2.05) is 13.1 Å². The van der Waals surface area contributed by atoms with Gasteiger partial charge in [0.2, 0.25) is 0 Å². The average molecular weight is 473 g/mol. The van der Waals surface area contributed by atoms with E-state index in [0.29, 0.717) is 18.7 Å². The van der Waals surface area contributed by atoms with Crippen LogP contribution in [0.25, 0.3) is 0 Å². The zero-order chi connectivity index (χ0) is 18.3. The summed E-state index contributed by atoms with van der Waals surface area (Å²) in [6, 6.07) is 3.50. The summed E-state index contributed by atoms with van der Waals surface area (Å²) in [5.74, 6) is 0.755. The van der Waals surface area contributed by atoms with Gasteiger partial charge >= 0.3 is 0 Å². The number of hydrogen-bond acceptors (Lipinski definition) is 3. The number of nitrogens with zero attached hydrogens (tertiary/aromatic N) is 3. The van der Waals surface area contributed by atoms with Gasteiger partial charge in [-0.15, -0.1) is 30.6 Å². The molecule has 0 saturated heterocycles. The fourth-order valence-corrected chi connectivity index (χ4v) is 2.32. The first-order valence-corrected chi connectivity index (χ1v) is 8.97. The zero-order valence-corrected chi connectivity index (χ0v) is 18.2. The Kier molecular flexibility index (Phi) is 14.6. The molecule has 0 saturated carbocycles. The molecule has 1 amide bonds. The second-order valence-corrected chi connectivity index (χ2v) is 5.79. The van der Waals surface area contributed by atoms with Gasteiger partial charge in [0.05, 0.1) is 12.1 Å². The van der Waals surface area contributed by atoms with E-state index in [2.05, 4.69) is 39.0 Å². The van der Waals surface area contributed by atoms with Gasteiger partial charge in [0.25, 0.3) is 5.91 Å². The van der Waals surface area contributed by atoms with Gasteiger partial charge in [0.15, 0.2) is 5.96 Å². The zero-order valence-electron chi connectivity index (χ0n) is 15.9. The van der Waals surface area contributed by atoms with E-state index in [0.717, 1.165) is 31.9 Å². The van der Waals surface area contributed by atoms with Gasteiger partial charge in [-0.1, -0.05) is 12.5 Å². The van der Waals surface area contributed by atoms with Gasteiger partial charge in [-0.2, -0.15) is 0 Å². The lowest BCUT2D eigenvalue weighted by Crippen LogP contribution is -2.40. The number of aromatic nitrogens is 1. The van der Waals surface area contributed by atoms with Crippen LogP contribution in [0.4, 0.5) is 0 Å². The number of guanidine groups is 1. The summed E-state index contributed by atoms with van der Waals surface area (Å²) >= 11 is 0. The van der Waals surface area contributed by atoms with Crippen molar-refractivity contribution < 1.29 is 4.79 Å². The largest absolute Gasteiger partial charge is 0.357 e. The Morgan fingerprint density at radius 2 is 2.15 bits per heavy atom. The van der Waals surface area contributed by atoms with Gasteiger partial charge in [-0.3, -0.25) is 14.8 Å². The van der Waals surface area contributed by atoms with Crippen LogP contribution in [0.1, 0.15) is 43.0 Å². The third-order valence-corrected chi connectivity index (χ3v) is 3.68. The molecule has 7 heteroatoms. The van der Waals surface area contributed by atoms with Crippen molar-refractivity contribution in [2.75, 3.05) is 33.2 Å². The smallest absolute Gasteiger partial charge is 0.252 e. The molecule has 6 nitrogen and oxygen atoms in total. The number of nitrogens with one attached hydrogen (secondary N) is 2. The number of aliphatic imine (C=N–C) groups is 1. The first-order valence-electron chi connectivity index (χ1n) is 8.97. The third-order valence-electron chi connectivity index (χ3n) is 3.68. The molecule has 0 bridgehead atoms. The number of pyridine rings is 1. The molecule has 0 fully saturated rings. The van der Waals surface area contributed by atoms with Crippen LogP contribution in [0.15, 0.2) is 42.2 Å². The van der Waals surface area contributed by atoms with Crippen LogP contribution in [0.2, 0.25) is 0 Å². The molecular formula is C19H32IN5O. The van der Waals surface area contributed by atoms with Crippen LogP contribution in [0.5, 0.6) is 0 Å². The summed E-state index contributed by atoms with van der Waals surface area (Å²) in [6.07, 6.45) is 9.76. The molecule has 1 aromatic heterocycles. The van der Waals surface area contributed by atoms with Crippen molar-refractivity contribution in [2.24, 2.45) is 4.99 Å². The van der Waals surface area contributed by atoms with Gasteiger partial charge in [0.1, 0.15) is 0 Å². The molecule has 0 atom stereocenters. The highest BCUT2D eigenvalue weighted by molar-refractivity contribution is 14.0. The number of carbonyl (C=O) groups excluding carboxylic acids is 1. The molecule has 146 valence electrons. The minimum Gasteiger partial charge on any atom is -0.357 e. The highest BCUT2D eigenvalue weighted by Crippen LogP contribution is 2.01. The topological polar surface area (TPSA) is 69.6 Å². The third kappa shape index (κ3) is 10.4. The van der Waals surface area contributed by atoms with Gasteiger partial charge in [0, 0.05) is 39.1 Å². The van der Waals surface area contributed by atoms with E-state index < -0.39 is 0 Å². The van der Waals surface area contributed by atoms with Crippen molar-refractivity contribution in [3.05, 3.63) is 42.7 Å². The summed E-state index contributed by atoms with van der Waals surface area (Å²) in [6.45, 7) is 8.62. The Balaban J connectivity index is 0.00000625. The molecule has 0 aromatic carbocycles. The molecule has 26 heavy (non-hydrogen) atoms. The van der Waals surface area contributed by atoms with Crippen LogP contribution >= 0.6 is 24.0 Å². The highest BCUT2D eigenvalue weighted by atomic mass is 127. The number of allylic oxidation sites excluding steroid dienone is 1. The van der Waals surface area contributed by atoms with Gasteiger partial charge < -0.3 is 15.5 Å². The van der Waals surface area contributed by atoms with E-state index >= 15 is 0 Å². The second kappa shape index (κ2) is 15.6. The van der Waals surface area contributed by atoms with Crippen molar-refractivity contribution in [3.8, 4) is 0 Å². The minimum atomic E-state index is -0.121. The van der Waals surface area contributed by atoms with Crippen molar-refractivity contribution in [1.29, 1.82) is 0 Å². The Labute approximate surface area is 174 Å². The number of amides is 1. The SMILES string of the molecule is C=CCCCCCN(C)C(=NCCNC(=O)c1cccnc1)NCC.I. The lowest BCUT2D eigenvalue weighted by molar-refractivity contribution is 0.0954. The predicted molar refractivity (Wildman–Crippen MR) is 119 cm³/mol. The Morgan fingerprint density at radius 1 is 1.35 bits per heavy atom. The number of hydrogen-bond donors (Lipinski definition) is 2. The van der Waals surface area contributed by atoms with Gasteiger partial charge in [-0.25, -0.2) is 0 Å². The van der Waals surface area contributed by atoms with Crippen LogP contribution in [0, 0.1) is 0 Å². The summed E-state index contributed by atoms with van der Waals surface area (Å²) in [4.78, 5) is 22.6. The lowest BCUT2D eigenvalue weighted by atomic mass is 10.2. The van der Waals surface area contributed by atoms with Crippen LogP contribution in [-0.4, -0.2) is 55.0 Å². The van der Waals surface area contributed by atoms with Gasteiger partial charge in [-0.05, 0) is 38.3 Å². The molecular weight excluding hydrogens is 441 g/mol. The van der Waals surface area contributed by atoms with E-state index in [9.17, 15) is 4.79 Å². The Bertz CT molecular complexity index is 536. The molecule has 1 rings (SSSR count). The standard InChI is InChI=1S/C19H31N5O.HI/c1-4-6-7-8-9-15-24(3)19(21-5-2)23-14-13-22-18(25)17-11-10-12-20-16-17;/h4,10-12,16H,1,5-9,13-15H2,2-3H3,(H,21,23)(H,22,25);1H. The maximum Gasteiger partial charge on any atom is 0.252 e. The molecule has 2 N–H and O–H groups in total. The molecule has 1 heterocycles. The fraction of sp³-hybridized carbons (Fsp3) is 0.526. The first kappa shape index (κ1) is 24.4. The summed E-state index contributed by atoms with van der Waals surface area (Å²) in [5, 5.41) is 6.15. The summed E-state index contributed by atoms with van der Waals surface area (Å²) < 4.78 is 0. The monoisotopic (exact) mass is 473 g/mol. The molecule has 0 unspecified atom stereocenters. The number of carbonyl (C=O) groups is 1. The minimum absolute atomic E-state index is 0. The maximum absolute atomic E-state index is 11.9. The maximum atomic E-state index is 11.9. The number of unbranched alkanes of at least 4 members (excludes halogenated alkanes) is 3. The summed E-state index contributed by atoms with van der Waals surface area (Å²) in [5.41, 5.74) is 0.565. The van der Waals surface area contributed by atoms with Crippen LogP contribution in [-0.2, 0) is 0 Å². The van der Waals surface area contributed by atoms with Crippen molar-refractivity contribution >= 4 is 35.8 Å². The van der Waals surface area contributed by atoms with Crippen LogP contribution in [0.3, 0.4) is 0 Å². The first-order chi connectivity index (χ1) is 12.2. The van der Waals surface area contributed by atoms with Crippen molar-refractivity contribution in [1.82, 2.24) is 20.5 Å². The number of halogens is 1.